The lowest BCUT2D eigenvalue weighted by Gasteiger charge is -2.33. The quantitative estimate of drug-likeness (QED) is 0.548. The van der Waals surface area contributed by atoms with Crippen LogP contribution in [0.1, 0.15) is 47.4 Å². The topological polar surface area (TPSA) is 55.7 Å². The van der Waals surface area contributed by atoms with Gasteiger partial charge in [-0.3, -0.25) is 14.6 Å². The molecule has 2 aliphatic rings. The van der Waals surface area contributed by atoms with Crippen molar-refractivity contribution >= 4 is 28.8 Å². The molecule has 1 aliphatic carbocycles. The van der Waals surface area contributed by atoms with E-state index in [1.807, 2.05) is 49.4 Å². The minimum absolute atomic E-state index is 0.0896. The molecule has 1 aromatic carbocycles. The largest absolute Gasteiger partial charge is 0.468 e. The summed E-state index contributed by atoms with van der Waals surface area (Å²) in [4.78, 5) is 31.9. The summed E-state index contributed by atoms with van der Waals surface area (Å²) in [5.41, 5.74) is 3.17. The molecular formula is C24H21NO3S. The standard InChI is InChI=1S/C24H21NO3S/c1-15-21(24(27)28-2)23(22-18(25-15)9-6-10-19(22)26)20-14-13-17(29-20)12-11-16-7-4-3-5-8-16/h3-5,7-8,13-14,21,23H,6,9-10H2,1-2H3/t21?,23-/m1/s1. The third-order valence-electron chi connectivity index (χ3n) is 5.33. The van der Waals surface area contributed by atoms with Gasteiger partial charge in [-0.25, -0.2) is 0 Å². The maximum atomic E-state index is 12.8. The maximum absolute atomic E-state index is 12.8. The van der Waals surface area contributed by atoms with Crippen LogP contribution in [0.15, 0.2) is 58.7 Å². The number of nitrogens with zero attached hydrogens (tertiary/aromatic N) is 1. The van der Waals surface area contributed by atoms with E-state index in [2.05, 4.69) is 16.8 Å². The highest BCUT2D eigenvalue weighted by Gasteiger charge is 2.43. The van der Waals surface area contributed by atoms with Gasteiger partial charge in [-0.2, -0.15) is 0 Å². The Kier molecular flexibility index (Phi) is 5.46. The molecule has 0 saturated carbocycles. The number of thiophene rings is 1. The van der Waals surface area contributed by atoms with Crippen molar-refractivity contribution in [3.05, 3.63) is 69.1 Å². The first-order chi connectivity index (χ1) is 14.1. The van der Waals surface area contributed by atoms with E-state index in [0.29, 0.717) is 17.7 Å². The fraction of sp³-hybridized carbons (Fsp3) is 0.292. The van der Waals surface area contributed by atoms with Crippen LogP contribution in [0.3, 0.4) is 0 Å². The lowest BCUT2D eigenvalue weighted by atomic mass is 9.74. The Morgan fingerprint density at radius 2 is 1.93 bits per heavy atom. The number of hydrogen-bond donors (Lipinski definition) is 0. The van der Waals surface area contributed by atoms with Crippen LogP contribution in [0, 0.1) is 17.8 Å². The Hall–Kier alpha value is -2.97. The molecule has 146 valence electrons. The first kappa shape index (κ1) is 19.4. The fourth-order valence-corrected chi connectivity index (χ4v) is 5.00. The van der Waals surface area contributed by atoms with Crippen molar-refractivity contribution in [2.45, 2.75) is 32.1 Å². The van der Waals surface area contributed by atoms with Gasteiger partial charge in [0, 0.05) is 39.8 Å². The molecule has 29 heavy (non-hydrogen) atoms. The van der Waals surface area contributed by atoms with E-state index in [1.165, 1.54) is 18.4 Å². The first-order valence-corrected chi connectivity index (χ1v) is 10.5. The van der Waals surface area contributed by atoms with E-state index in [9.17, 15) is 9.59 Å². The molecule has 1 unspecified atom stereocenters. The third kappa shape index (κ3) is 3.81. The monoisotopic (exact) mass is 403 g/mol. The van der Waals surface area contributed by atoms with E-state index in [4.69, 9.17) is 4.74 Å². The molecular weight excluding hydrogens is 382 g/mol. The summed E-state index contributed by atoms with van der Waals surface area (Å²) in [6.07, 6.45) is 2.08. The molecule has 2 heterocycles. The number of ketones is 1. The highest BCUT2D eigenvalue weighted by atomic mass is 32.1. The van der Waals surface area contributed by atoms with Crippen LogP contribution in [-0.4, -0.2) is 24.6 Å². The average Bonchev–Trinajstić information content (AvgIpc) is 3.20. The van der Waals surface area contributed by atoms with Crippen LogP contribution < -0.4 is 0 Å². The summed E-state index contributed by atoms with van der Waals surface area (Å²) in [6, 6.07) is 13.7. The van der Waals surface area contributed by atoms with Gasteiger partial charge in [0.1, 0.15) is 5.92 Å². The lowest BCUT2D eigenvalue weighted by molar-refractivity contribution is -0.143. The molecule has 0 N–H and O–H groups in total. The molecule has 1 aromatic heterocycles. The number of allylic oxidation sites excluding steroid dienone is 2. The van der Waals surface area contributed by atoms with Gasteiger partial charge in [0.2, 0.25) is 0 Å². The predicted molar refractivity (Wildman–Crippen MR) is 114 cm³/mol. The number of esters is 1. The summed E-state index contributed by atoms with van der Waals surface area (Å²) >= 11 is 1.53. The van der Waals surface area contributed by atoms with Crippen LogP contribution in [0.25, 0.3) is 0 Å². The van der Waals surface area contributed by atoms with Crippen molar-refractivity contribution in [3.63, 3.8) is 0 Å². The molecule has 4 rings (SSSR count). The van der Waals surface area contributed by atoms with Crippen LogP contribution >= 0.6 is 11.3 Å². The Bertz CT molecular complexity index is 1080. The number of carbonyl (C=O) groups excluding carboxylic acids is 2. The van der Waals surface area contributed by atoms with Gasteiger partial charge in [0.15, 0.2) is 5.78 Å². The van der Waals surface area contributed by atoms with E-state index >= 15 is 0 Å². The van der Waals surface area contributed by atoms with E-state index in [0.717, 1.165) is 33.9 Å². The smallest absolute Gasteiger partial charge is 0.315 e. The number of carbonyl (C=O) groups is 2. The zero-order valence-corrected chi connectivity index (χ0v) is 17.2. The molecule has 1 aliphatic heterocycles. The second-order valence-corrected chi connectivity index (χ2v) is 8.30. The second-order valence-electron chi connectivity index (χ2n) is 7.19. The van der Waals surface area contributed by atoms with Crippen LogP contribution in [0.4, 0.5) is 0 Å². The van der Waals surface area contributed by atoms with Crippen molar-refractivity contribution in [1.82, 2.24) is 0 Å². The molecule has 0 amide bonds. The molecule has 0 spiro atoms. The number of rotatable bonds is 2. The maximum Gasteiger partial charge on any atom is 0.315 e. The molecule has 2 aromatic rings. The van der Waals surface area contributed by atoms with Gasteiger partial charge in [-0.15, -0.1) is 11.3 Å². The van der Waals surface area contributed by atoms with E-state index in [-0.39, 0.29) is 17.7 Å². The summed E-state index contributed by atoms with van der Waals surface area (Å²) < 4.78 is 5.06. The van der Waals surface area contributed by atoms with Crippen molar-refractivity contribution in [3.8, 4) is 11.8 Å². The summed E-state index contributed by atoms with van der Waals surface area (Å²) in [7, 11) is 1.38. The Morgan fingerprint density at radius 1 is 1.14 bits per heavy atom. The van der Waals surface area contributed by atoms with Crippen molar-refractivity contribution in [1.29, 1.82) is 0 Å². The zero-order valence-electron chi connectivity index (χ0n) is 16.4. The average molecular weight is 404 g/mol. The van der Waals surface area contributed by atoms with Crippen LogP contribution in [-0.2, 0) is 14.3 Å². The Labute approximate surface area is 174 Å². The van der Waals surface area contributed by atoms with E-state index in [1.54, 1.807) is 0 Å². The molecule has 4 nitrogen and oxygen atoms in total. The van der Waals surface area contributed by atoms with Crippen molar-refractivity contribution in [2.24, 2.45) is 10.9 Å². The highest BCUT2D eigenvalue weighted by molar-refractivity contribution is 7.12. The first-order valence-electron chi connectivity index (χ1n) is 9.64. The van der Waals surface area contributed by atoms with Crippen molar-refractivity contribution in [2.75, 3.05) is 7.11 Å². The third-order valence-corrected chi connectivity index (χ3v) is 6.41. The Balaban J connectivity index is 1.74. The summed E-state index contributed by atoms with van der Waals surface area (Å²) in [5, 5.41) is 0. The normalized spacial score (nSPS) is 21.0. The molecule has 2 atom stereocenters. The van der Waals surface area contributed by atoms with Crippen LogP contribution in [0.2, 0.25) is 0 Å². The minimum Gasteiger partial charge on any atom is -0.468 e. The molecule has 0 radical (unpaired) electrons. The summed E-state index contributed by atoms with van der Waals surface area (Å²) in [5.74, 6) is 5.17. The van der Waals surface area contributed by atoms with Gasteiger partial charge in [0.05, 0.1) is 12.0 Å². The fourth-order valence-electron chi connectivity index (χ4n) is 3.99. The Morgan fingerprint density at radius 3 is 2.69 bits per heavy atom. The second kappa shape index (κ2) is 8.18. The number of benzene rings is 1. The van der Waals surface area contributed by atoms with Gasteiger partial charge < -0.3 is 4.74 Å². The molecule has 0 bridgehead atoms. The number of Topliss-reactive ketones (excluding diaryl/α,β-unsaturated/α-hetero) is 1. The van der Waals surface area contributed by atoms with Gasteiger partial charge in [0.25, 0.3) is 0 Å². The molecule has 0 fully saturated rings. The zero-order chi connectivity index (χ0) is 20.4. The van der Waals surface area contributed by atoms with E-state index < -0.39 is 5.92 Å². The van der Waals surface area contributed by atoms with Gasteiger partial charge in [-0.05, 0) is 44.0 Å². The van der Waals surface area contributed by atoms with Gasteiger partial charge in [-0.1, -0.05) is 30.0 Å². The van der Waals surface area contributed by atoms with Crippen molar-refractivity contribution < 1.29 is 14.3 Å². The number of aliphatic imine (C=N–C) groups is 1. The SMILES string of the molecule is COC(=O)C1C(C)=NC2=C(C(=O)CCC2)[C@@H]1c1ccc(C#Cc2ccccc2)s1. The minimum atomic E-state index is -0.575. The number of ether oxygens (including phenoxy) is 1. The van der Waals surface area contributed by atoms with Crippen LogP contribution in [0.5, 0.6) is 0 Å². The molecule has 0 saturated heterocycles. The number of hydrogen-bond acceptors (Lipinski definition) is 5. The highest BCUT2D eigenvalue weighted by Crippen LogP contribution is 2.45. The predicted octanol–water partition coefficient (Wildman–Crippen LogP) is 4.50. The van der Waals surface area contributed by atoms with Gasteiger partial charge >= 0.3 is 5.97 Å². The number of methoxy groups -OCH3 is 1. The lowest BCUT2D eigenvalue weighted by Crippen LogP contribution is -2.36. The molecule has 5 heteroatoms. The summed E-state index contributed by atoms with van der Waals surface area (Å²) in [6.45, 7) is 1.85.